The van der Waals surface area contributed by atoms with E-state index in [1.165, 1.54) is 0 Å². The second-order valence-corrected chi connectivity index (χ2v) is 11.6. The average molecular weight is 550 g/mol. The Kier molecular flexibility index (Phi) is 7.58. The monoisotopic (exact) mass is 549 g/mol. The van der Waals surface area contributed by atoms with Crippen molar-refractivity contribution >= 4 is 40.3 Å². The number of anilines is 1. The third-order valence-electron chi connectivity index (χ3n) is 7.35. The van der Waals surface area contributed by atoms with Crippen LogP contribution < -0.4 is 4.90 Å². The number of aromatic amines is 1. The van der Waals surface area contributed by atoms with E-state index in [0.29, 0.717) is 37.1 Å². The van der Waals surface area contributed by atoms with Crippen molar-refractivity contribution in [2.24, 2.45) is 5.92 Å². The quantitative estimate of drug-likeness (QED) is 0.377. The zero-order valence-electron chi connectivity index (χ0n) is 23.0. The van der Waals surface area contributed by atoms with Gasteiger partial charge in [0.2, 0.25) is 0 Å². The van der Waals surface area contributed by atoms with Gasteiger partial charge in [0.25, 0.3) is 0 Å². The fraction of sp³-hybridized carbons (Fsp3) is 0.433. The highest BCUT2D eigenvalue weighted by molar-refractivity contribution is 6.38. The highest BCUT2D eigenvalue weighted by atomic mass is 35.5. The summed E-state index contributed by atoms with van der Waals surface area (Å²) >= 11 is 6.87. The van der Waals surface area contributed by atoms with Crippen LogP contribution in [0, 0.1) is 5.92 Å². The molecule has 0 aliphatic carbocycles. The molecule has 39 heavy (non-hydrogen) atoms. The number of hydrogen-bond acceptors (Lipinski definition) is 4. The van der Waals surface area contributed by atoms with Crippen molar-refractivity contribution in [3.63, 3.8) is 0 Å². The summed E-state index contributed by atoms with van der Waals surface area (Å²) in [7, 11) is 0. The van der Waals surface area contributed by atoms with Crippen molar-refractivity contribution in [3.8, 4) is 11.3 Å². The van der Waals surface area contributed by atoms with E-state index in [2.05, 4.69) is 16.9 Å². The Labute approximate surface area is 234 Å². The molecule has 2 aliphatic heterocycles. The van der Waals surface area contributed by atoms with Crippen molar-refractivity contribution in [1.29, 1.82) is 0 Å². The number of pyridine rings is 1. The Balaban J connectivity index is 1.27. The van der Waals surface area contributed by atoms with Crippen LogP contribution >= 0.6 is 11.6 Å². The minimum absolute atomic E-state index is 0.0651. The number of hydrogen-bond donors (Lipinski definition) is 1. The molecule has 5 rings (SSSR count). The van der Waals surface area contributed by atoms with Crippen LogP contribution in [0.1, 0.15) is 46.1 Å². The fourth-order valence-corrected chi connectivity index (χ4v) is 5.68. The minimum Gasteiger partial charge on any atom is -0.444 e. The lowest BCUT2D eigenvalue weighted by Gasteiger charge is -2.37. The van der Waals surface area contributed by atoms with Gasteiger partial charge in [-0.3, -0.25) is 9.88 Å². The molecular formula is C30H36ClN5O3. The van der Waals surface area contributed by atoms with Crippen molar-refractivity contribution in [2.75, 3.05) is 31.1 Å². The largest absolute Gasteiger partial charge is 0.444 e. The van der Waals surface area contributed by atoms with Gasteiger partial charge < -0.3 is 19.5 Å². The number of rotatable bonds is 5. The maximum atomic E-state index is 13.5. The predicted molar refractivity (Wildman–Crippen MR) is 155 cm³/mol. The average Bonchev–Trinajstić information content (AvgIpc) is 3.34. The molecule has 0 radical (unpaired) electrons. The van der Waals surface area contributed by atoms with E-state index in [9.17, 15) is 9.59 Å². The van der Waals surface area contributed by atoms with E-state index in [1.54, 1.807) is 20.9 Å². The van der Waals surface area contributed by atoms with E-state index < -0.39 is 5.60 Å². The van der Waals surface area contributed by atoms with Gasteiger partial charge in [-0.25, -0.2) is 9.59 Å². The molecule has 206 valence electrons. The molecule has 0 bridgehead atoms. The van der Waals surface area contributed by atoms with Gasteiger partial charge in [0.05, 0.1) is 10.7 Å². The minimum atomic E-state index is -0.506. The highest BCUT2D eigenvalue weighted by Gasteiger charge is 2.30. The SMILES string of the molecule is CCc1c[nH]c2ccc(-c3cc(N4CC=CN(CC5CCN(C(=O)OC(C)(C)C)CC5)C4=O)ccn3)c(Cl)c12. The van der Waals surface area contributed by atoms with Crippen LogP contribution in [0.2, 0.25) is 5.02 Å². The molecule has 4 heterocycles. The van der Waals surface area contributed by atoms with E-state index >= 15 is 0 Å². The lowest BCUT2D eigenvalue weighted by Crippen LogP contribution is -2.48. The lowest BCUT2D eigenvalue weighted by atomic mass is 9.96. The van der Waals surface area contributed by atoms with E-state index in [0.717, 1.165) is 52.7 Å². The molecular weight excluding hydrogens is 514 g/mol. The number of carbonyl (C=O) groups excluding carboxylic acids is 2. The van der Waals surface area contributed by atoms with Gasteiger partial charge in [-0.05, 0) is 81.9 Å². The molecule has 2 aromatic heterocycles. The summed E-state index contributed by atoms with van der Waals surface area (Å²) in [4.78, 5) is 39.1. The number of H-pyrrole nitrogens is 1. The number of aryl methyl sites for hydroxylation is 1. The van der Waals surface area contributed by atoms with Crippen LogP contribution in [-0.2, 0) is 11.2 Å². The van der Waals surface area contributed by atoms with Gasteiger partial charge in [-0.2, -0.15) is 0 Å². The van der Waals surface area contributed by atoms with Crippen LogP contribution in [0.5, 0.6) is 0 Å². The van der Waals surface area contributed by atoms with Crippen LogP contribution in [0.3, 0.4) is 0 Å². The van der Waals surface area contributed by atoms with Crippen molar-refractivity contribution in [1.82, 2.24) is 19.8 Å². The molecule has 0 unspecified atom stereocenters. The smallest absolute Gasteiger partial charge is 0.410 e. The number of fused-ring (bicyclic) bond motifs is 1. The number of halogens is 1. The van der Waals surface area contributed by atoms with E-state index in [1.807, 2.05) is 63.5 Å². The molecule has 8 nitrogen and oxygen atoms in total. The van der Waals surface area contributed by atoms with Crippen molar-refractivity contribution < 1.29 is 14.3 Å². The third kappa shape index (κ3) is 5.76. The zero-order chi connectivity index (χ0) is 27.7. The molecule has 2 aliphatic rings. The second kappa shape index (κ2) is 10.9. The Hall–Kier alpha value is -3.52. The van der Waals surface area contributed by atoms with Crippen LogP contribution in [0.15, 0.2) is 48.9 Å². The maximum absolute atomic E-state index is 13.5. The summed E-state index contributed by atoms with van der Waals surface area (Å²) in [6.45, 7) is 10.1. The number of urea groups is 1. The number of aromatic nitrogens is 2. The molecule has 1 N–H and O–H groups in total. The van der Waals surface area contributed by atoms with Crippen molar-refractivity contribution in [2.45, 2.75) is 52.6 Å². The number of amides is 3. The van der Waals surface area contributed by atoms with Crippen LogP contribution in [0.4, 0.5) is 15.3 Å². The number of ether oxygens (including phenoxy) is 1. The summed E-state index contributed by atoms with van der Waals surface area (Å²) in [6, 6.07) is 7.72. The highest BCUT2D eigenvalue weighted by Crippen LogP contribution is 2.36. The summed E-state index contributed by atoms with van der Waals surface area (Å²) in [5.41, 5.74) is 4.01. The fourth-order valence-electron chi connectivity index (χ4n) is 5.29. The van der Waals surface area contributed by atoms with Gasteiger partial charge in [-0.15, -0.1) is 0 Å². The molecule has 1 fully saturated rings. The molecule has 0 atom stereocenters. The number of benzene rings is 1. The molecule has 1 aromatic carbocycles. The van der Waals surface area contributed by atoms with Crippen molar-refractivity contribution in [3.05, 3.63) is 59.5 Å². The van der Waals surface area contributed by atoms with Gasteiger partial charge in [0, 0.05) is 66.9 Å². The number of nitrogens with one attached hydrogen (secondary N) is 1. The number of likely N-dealkylation sites (tertiary alicyclic amines) is 1. The normalized spacial score (nSPS) is 16.8. The maximum Gasteiger partial charge on any atom is 0.410 e. The summed E-state index contributed by atoms with van der Waals surface area (Å²) in [5, 5.41) is 1.68. The third-order valence-corrected chi connectivity index (χ3v) is 7.74. The Morgan fingerprint density at radius 1 is 1.21 bits per heavy atom. The molecule has 3 amide bonds. The summed E-state index contributed by atoms with van der Waals surface area (Å²) in [6.07, 6.45) is 9.88. The summed E-state index contributed by atoms with van der Waals surface area (Å²) < 4.78 is 5.51. The van der Waals surface area contributed by atoms with Gasteiger partial charge in [-0.1, -0.05) is 18.5 Å². The molecule has 0 spiro atoms. The molecule has 0 saturated carbocycles. The number of nitrogens with zero attached hydrogens (tertiary/aromatic N) is 4. The standard InChI is InChI=1S/C30H36ClN5O3/c1-5-21-18-33-24-8-7-23(27(31)26(21)24)25-17-22(9-12-32-25)36-14-6-13-35(28(36)37)19-20-10-15-34(16-11-20)29(38)39-30(2,3)4/h6-9,12-13,17-18,20,33H,5,10-11,14-16,19H2,1-4H3. The number of carbonyl (C=O) groups is 2. The Bertz CT molecular complexity index is 1400. The summed E-state index contributed by atoms with van der Waals surface area (Å²) in [5.74, 6) is 0.310. The molecule has 3 aromatic rings. The van der Waals surface area contributed by atoms with E-state index in [-0.39, 0.29) is 12.1 Å². The second-order valence-electron chi connectivity index (χ2n) is 11.3. The Morgan fingerprint density at radius 3 is 2.69 bits per heavy atom. The first kappa shape index (κ1) is 27.1. The first-order valence-corrected chi connectivity index (χ1v) is 14.0. The van der Waals surface area contributed by atoms with Gasteiger partial charge >= 0.3 is 12.1 Å². The van der Waals surface area contributed by atoms with Gasteiger partial charge in [0.1, 0.15) is 5.60 Å². The first-order chi connectivity index (χ1) is 18.6. The van der Waals surface area contributed by atoms with Gasteiger partial charge in [0.15, 0.2) is 0 Å². The molecule has 9 heteroatoms. The topological polar surface area (TPSA) is 81.8 Å². The first-order valence-electron chi connectivity index (χ1n) is 13.6. The Morgan fingerprint density at radius 2 is 1.97 bits per heavy atom. The zero-order valence-corrected chi connectivity index (χ0v) is 23.8. The predicted octanol–water partition coefficient (Wildman–Crippen LogP) is 6.85. The van der Waals surface area contributed by atoms with Crippen LogP contribution in [-0.4, -0.2) is 63.7 Å². The van der Waals surface area contributed by atoms with E-state index in [4.69, 9.17) is 16.3 Å². The lowest BCUT2D eigenvalue weighted by molar-refractivity contribution is 0.0177. The van der Waals surface area contributed by atoms with Crippen LogP contribution in [0.25, 0.3) is 22.2 Å². The number of piperidine rings is 1. The molecule has 1 saturated heterocycles.